The summed E-state index contributed by atoms with van der Waals surface area (Å²) in [7, 11) is 4.71. The van der Waals surface area contributed by atoms with E-state index in [-0.39, 0.29) is 29.1 Å². The first-order valence-electron chi connectivity index (χ1n) is 1.52. The van der Waals surface area contributed by atoms with Crippen molar-refractivity contribution in [1.29, 1.82) is 0 Å². The normalized spacial score (nSPS) is 10.0. The van der Waals surface area contributed by atoms with Crippen LogP contribution in [0, 0.1) is 5.21 Å². The molecule has 6 heavy (non-hydrogen) atoms. The Bertz CT molecular complexity index is 26.3. The molecule has 0 aromatic heterocycles. The molecule has 2 radical (unpaired) electrons. The second-order valence-corrected chi connectivity index (χ2v) is 1.89. The molecule has 0 aromatic carbocycles. The summed E-state index contributed by atoms with van der Waals surface area (Å²) in [6.45, 7) is 0. The predicted octanol–water partition coefficient (Wildman–Crippen LogP) is -0.190. The van der Waals surface area contributed by atoms with Gasteiger partial charge in [-0.15, -0.1) is 0 Å². The molecule has 34 valence electrons. The van der Waals surface area contributed by atoms with Gasteiger partial charge in [-0.25, -0.2) is 0 Å². The molecule has 0 saturated carbocycles. The van der Waals surface area contributed by atoms with E-state index < -0.39 is 0 Å². The van der Waals surface area contributed by atoms with Crippen LogP contribution < -0.4 is 0 Å². The van der Waals surface area contributed by atoms with Gasteiger partial charge in [0.15, 0.2) is 0 Å². The Morgan fingerprint density at radius 1 is 1.17 bits per heavy atom. The minimum atomic E-state index is -0.250. The summed E-state index contributed by atoms with van der Waals surface area (Å²) in [5.74, 6) is 0. The standard InChI is InChI=1S/C3H9NO.Sb/c1-4(2,3)5;/h1-3H3;/q;+3. The molecule has 0 atom stereocenters. The number of hydroxylamine groups is 3. The Labute approximate surface area is 55.8 Å². The third-order valence-corrected chi connectivity index (χ3v) is 0. The summed E-state index contributed by atoms with van der Waals surface area (Å²) >= 11 is 0. The van der Waals surface area contributed by atoms with Gasteiger partial charge >= 0.3 is 24.4 Å². The van der Waals surface area contributed by atoms with E-state index in [1.165, 1.54) is 0 Å². The van der Waals surface area contributed by atoms with Crippen LogP contribution in [-0.2, 0) is 0 Å². The zero-order valence-electron chi connectivity index (χ0n) is 4.30. The Balaban J connectivity index is 0. The van der Waals surface area contributed by atoms with Crippen molar-refractivity contribution < 1.29 is 4.65 Å². The maximum absolute atomic E-state index is 10.0. The quantitative estimate of drug-likeness (QED) is 0.299. The van der Waals surface area contributed by atoms with Crippen LogP contribution in [0.2, 0.25) is 0 Å². The van der Waals surface area contributed by atoms with Crippen LogP contribution in [0.25, 0.3) is 0 Å². The topological polar surface area (TPSA) is 23.1 Å². The molecule has 0 N–H and O–H groups in total. The summed E-state index contributed by atoms with van der Waals surface area (Å²) in [6, 6.07) is 0. The summed E-state index contributed by atoms with van der Waals surface area (Å²) in [5, 5.41) is 10.0. The van der Waals surface area contributed by atoms with E-state index in [2.05, 4.69) is 0 Å². The van der Waals surface area contributed by atoms with Gasteiger partial charge in [0.2, 0.25) is 0 Å². The predicted molar refractivity (Wildman–Crippen MR) is 27.2 cm³/mol. The molecular formula is C3H9NOSb+3. The van der Waals surface area contributed by atoms with Gasteiger partial charge in [0.05, 0.1) is 21.1 Å². The summed E-state index contributed by atoms with van der Waals surface area (Å²) in [5.41, 5.74) is 0. The molecule has 0 amide bonds. The van der Waals surface area contributed by atoms with Crippen LogP contribution >= 0.6 is 0 Å². The van der Waals surface area contributed by atoms with Crippen LogP contribution in [0.5, 0.6) is 0 Å². The zero-order chi connectivity index (χ0) is 4.50. The first kappa shape index (κ1) is 9.88. The van der Waals surface area contributed by atoms with E-state index in [0.717, 1.165) is 0 Å². The number of hydrogen-bond acceptors (Lipinski definition) is 1. The maximum atomic E-state index is 10.0. The van der Waals surface area contributed by atoms with E-state index in [1.54, 1.807) is 21.1 Å². The van der Waals surface area contributed by atoms with E-state index in [0.29, 0.717) is 0 Å². The van der Waals surface area contributed by atoms with Crippen LogP contribution in [-0.4, -0.2) is 50.2 Å². The molecule has 0 saturated heterocycles. The minimum Gasteiger partial charge on any atom is -0.633 e. The Morgan fingerprint density at radius 3 is 1.17 bits per heavy atom. The van der Waals surface area contributed by atoms with Crippen molar-refractivity contribution in [3.05, 3.63) is 5.21 Å². The Kier molecular flexibility index (Phi) is 4.67. The van der Waals surface area contributed by atoms with Crippen molar-refractivity contribution in [2.24, 2.45) is 0 Å². The summed E-state index contributed by atoms with van der Waals surface area (Å²) in [6.07, 6.45) is 0. The van der Waals surface area contributed by atoms with Crippen LogP contribution in [0.3, 0.4) is 0 Å². The van der Waals surface area contributed by atoms with Gasteiger partial charge in [0, 0.05) is 0 Å². The average Bonchev–Trinajstić information content (AvgIpc) is 0.722. The van der Waals surface area contributed by atoms with Gasteiger partial charge in [-0.1, -0.05) is 0 Å². The van der Waals surface area contributed by atoms with Crippen molar-refractivity contribution in [1.82, 2.24) is 0 Å². The van der Waals surface area contributed by atoms with Gasteiger partial charge in [-0.2, -0.15) is 0 Å². The molecule has 0 spiro atoms. The molecular weight excluding hydrogens is 188 g/mol. The monoisotopic (exact) mass is 196 g/mol. The summed E-state index contributed by atoms with van der Waals surface area (Å²) < 4.78 is -0.250. The molecule has 0 unspecified atom stereocenters. The molecule has 0 aliphatic carbocycles. The van der Waals surface area contributed by atoms with Gasteiger partial charge in [-0.3, -0.25) is 0 Å². The first-order valence-corrected chi connectivity index (χ1v) is 1.52. The number of nitrogens with zero attached hydrogens (tertiary/aromatic N) is 1. The maximum Gasteiger partial charge on any atom is 3.00 e. The fourth-order valence-corrected chi connectivity index (χ4v) is 0. The van der Waals surface area contributed by atoms with Gasteiger partial charge in [-0.05, 0) is 0 Å². The fraction of sp³-hybridized carbons (Fsp3) is 1.00. The SMILES string of the molecule is C[N+](C)(C)[O-].[Sb+3]. The van der Waals surface area contributed by atoms with E-state index in [4.69, 9.17) is 0 Å². The smallest absolute Gasteiger partial charge is 0.633 e. The first-order chi connectivity index (χ1) is 2.00. The second kappa shape index (κ2) is 2.84. The molecule has 0 heterocycles. The van der Waals surface area contributed by atoms with Crippen molar-refractivity contribution in [3.8, 4) is 0 Å². The fourth-order valence-electron chi connectivity index (χ4n) is 0. The van der Waals surface area contributed by atoms with Crippen LogP contribution in [0.1, 0.15) is 0 Å². The van der Waals surface area contributed by atoms with Crippen LogP contribution in [0.15, 0.2) is 0 Å². The van der Waals surface area contributed by atoms with Crippen molar-refractivity contribution in [3.63, 3.8) is 0 Å². The third kappa shape index (κ3) is 122. The molecule has 0 bridgehead atoms. The number of quaternary nitrogens is 1. The number of hydrogen-bond donors (Lipinski definition) is 0. The Morgan fingerprint density at radius 2 is 1.17 bits per heavy atom. The van der Waals surface area contributed by atoms with Gasteiger partial charge < -0.3 is 9.85 Å². The van der Waals surface area contributed by atoms with E-state index in [9.17, 15) is 5.21 Å². The molecule has 0 fully saturated rings. The summed E-state index contributed by atoms with van der Waals surface area (Å²) in [4.78, 5) is 0. The molecule has 0 aliphatic heterocycles. The molecule has 0 rings (SSSR count). The van der Waals surface area contributed by atoms with Gasteiger partial charge in [0.25, 0.3) is 0 Å². The Hall–Kier alpha value is 0.738. The van der Waals surface area contributed by atoms with E-state index >= 15 is 0 Å². The second-order valence-electron chi connectivity index (χ2n) is 1.89. The molecule has 2 nitrogen and oxygen atoms in total. The van der Waals surface area contributed by atoms with Crippen molar-refractivity contribution in [2.45, 2.75) is 0 Å². The van der Waals surface area contributed by atoms with Crippen LogP contribution in [0.4, 0.5) is 0 Å². The molecule has 3 heteroatoms. The number of rotatable bonds is 0. The van der Waals surface area contributed by atoms with Crippen molar-refractivity contribution >= 4 is 24.4 Å². The zero-order valence-corrected chi connectivity index (χ0v) is 6.86. The van der Waals surface area contributed by atoms with Crippen molar-refractivity contribution in [2.75, 3.05) is 21.1 Å². The molecule has 0 aromatic rings. The largest absolute Gasteiger partial charge is 3.00 e. The average molecular weight is 197 g/mol. The van der Waals surface area contributed by atoms with E-state index in [1.807, 2.05) is 0 Å². The minimum absolute atomic E-state index is 0. The third-order valence-electron chi connectivity index (χ3n) is 0. The van der Waals surface area contributed by atoms with Gasteiger partial charge in [0.1, 0.15) is 0 Å². The molecule has 0 aliphatic rings.